The van der Waals surface area contributed by atoms with E-state index < -0.39 is 0 Å². The maximum atomic E-state index is 9.45. The lowest BCUT2D eigenvalue weighted by atomic mass is 9.76. The monoisotopic (exact) mass is 204 g/mol. The molecule has 0 heterocycles. The van der Waals surface area contributed by atoms with E-state index in [1.807, 2.05) is 0 Å². The summed E-state index contributed by atoms with van der Waals surface area (Å²) in [6.45, 7) is 6.78. The van der Waals surface area contributed by atoms with Crippen LogP contribution in [0.3, 0.4) is 0 Å². The summed E-state index contributed by atoms with van der Waals surface area (Å²) in [6.07, 6.45) is 2.36. The predicted octanol–water partition coefficient (Wildman–Crippen LogP) is 3.04. The van der Waals surface area contributed by atoms with Gasteiger partial charge >= 0.3 is 0 Å². The summed E-state index contributed by atoms with van der Waals surface area (Å²) in [5.41, 5.74) is 4.40. The van der Waals surface area contributed by atoms with Crippen LogP contribution in [-0.4, -0.2) is 11.7 Å². The summed E-state index contributed by atoms with van der Waals surface area (Å²) in [5, 5.41) is 9.45. The fourth-order valence-electron chi connectivity index (χ4n) is 2.76. The van der Waals surface area contributed by atoms with Gasteiger partial charge in [0.05, 0.1) is 0 Å². The van der Waals surface area contributed by atoms with Crippen LogP contribution in [0.2, 0.25) is 0 Å². The molecule has 1 aliphatic rings. The standard InChI is InChI=1S/C14H20O/c1-10-5-4-6-12-11(10)7-8-13(12)14(2,3)9-15/h4-6,13,15H,7-9H2,1-3H3. The first-order valence-corrected chi connectivity index (χ1v) is 5.75. The maximum Gasteiger partial charge on any atom is 0.0487 e. The van der Waals surface area contributed by atoms with Crippen molar-refractivity contribution in [1.29, 1.82) is 0 Å². The Morgan fingerprint density at radius 2 is 2.13 bits per heavy atom. The van der Waals surface area contributed by atoms with Gasteiger partial charge in [-0.2, -0.15) is 0 Å². The zero-order valence-corrected chi connectivity index (χ0v) is 9.88. The van der Waals surface area contributed by atoms with Gasteiger partial charge in [-0.1, -0.05) is 32.0 Å². The fraction of sp³-hybridized carbons (Fsp3) is 0.571. The van der Waals surface area contributed by atoms with Crippen LogP contribution in [0.1, 0.15) is 42.9 Å². The number of aliphatic hydroxyl groups is 1. The van der Waals surface area contributed by atoms with E-state index in [1.54, 1.807) is 0 Å². The molecule has 1 aromatic rings. The van der Waals surface area contributed by atoms with E-state index >= 15 is 0 Å². The number of rotatable bonds is 2. The minimum Gasteiger partial charge on any atom is -0.396 e. The zero-order chi connectivity index (χ0) is 11.1. The molecule has 0 fully saturated rings. The van der Waals surface area contributed by atoms with Crippen LogP contribution in [0, 0.1) is 12.3 Å². The van der Waals surface area contributed by atoms with Crippen molar-refractivity contribution in [1.82, 2.24) is 0 Å². The first-order valence-electron chi connectivity index (χ1n) is 5.75. The molecule has 1 heteroatoms. The molecule has 0 saturated carbocycles. The fourth-order valence-corrected chi connectivity index (χ4v) is 2.76. The quantitative estimate of drug-likeness (QED) is 0.785. The van der Waals surface area contributed by atoms with Gasteiger partial charge < -0.3 is 5.11 Å². The minimum absolute atomic E-state index is 0.0129. The van der Waals surface area contributed by atoms with Crippen LogP contribution in [-0.2, 0) is 6.42 Å². The minimum atomic E-state index is 0.0129. The molecule has 1 aliphatic carbocycles. The normalized spacial score (nSPS) is 20.4. The third-order valence-corrected chi connectivity index (χ3v) is 3.86. The Labute approximate surface area is 92.1 Å². The van der Waals surface area contributed by atoms with Crippen LogP contribution in [0.4, 0.5) is 0 Å². The molecule has 0 saturated heterocycles. The van der Waals surface area contributed by atoms with Crippen LogP contribution < -0.4 is 0 Å². The van der Waals surface area contributed by atoms with Gasteiger partial charge in [-0.3, -0.25) is 0 Å². The van der Waals surface area contributed by atoms with Crippen molar-refractivity contribution in [2.75, 3.05) is 6.61 Å². The number of aliphatic hydroxyl groups excluding tert-OH is 1. The van der Waals surface area contributed by atoms with Gasteiger partial charge in [0.2, 0.25) is 0 Å². The molecule has 0 amide bonds. The average Bonchev–Trinajstić information content (AvgIpc) is 2.63. The molecule has 0 spiro atoms. The molecule has 15 heavy (non-hydrogen) atoms. The SMILES string of the molecule is Cc1cccc2c1CCC2C(C)(C)CO. The molecule has 0 bridgehead atoms. The van der Waals surface area contributed by atoms with Gasteiger partial charge in [0.25, 0.3) is 0 Å². The molecule has 0 aromatic heterocycles. The average molecular weight is 204 g/mol. The molecule has 1 unspecified atom stereocenters. The van der Waals surface area contributed by atoms with Crippen molar-refractivity contribution in [3.05, 3.63) is 34.9 Å². The second kappa shape index (κ2) is 3.64. The zero-order valence-electron chi connectivity index (χ0n) is 9.88. The van der Waals surface area contributed by atoms with Gasteiger partial charge in [0.15, 0.2) is 0 Å². The van der Waals surface area contributed by atoms with Gasteiger partial charge in [-0.05, 0) is 47.8 Å². The molecule has 1 nitrogen and oxygen atoms in total. The van der Waals surface area contributed by atoms with E-state index in [9.17, 15) is 5.11 Å². The summed E-state index contributed by atoms with van der Waals surface area (Å²) in [5.74, 6) is 0.525. The lowest BCUT2D eigenvalue weighted by molar-refractivity contribution is 0.130. The van der Waals surface area contributed by atoms with Crippen LogP contribution in [0.5, 0.6) is 0 Å². The Kier molecular flexibility index (Phi) is 2.59. The summed E-state index contributed by atoms with van der Waals surface area (Å²) in [4.78, 5) is 0. The first kappa shape index (κ1) is 10.7. The Morgan fingerprint density at radius 1 is 1.40 bits per heavy atom. The highest BCUT2D eigenvalue weighted by atomic mass is 16.3. The van der Waals surface area contributed by atoms with Crippen molar-refractivity contribution in [3.8, 4) is 0 Å². The van der Waals surface area contributed by atoms with E-state index in [0.717, 1.165) is 0 Å². The smallest absolute Gasteiger partial charge is 0.0487 e. The number of hydrogen-bond donors (Lipinski definition) is 1. The third kappa shape index (κ3) is 1.69. The number of benzene rings is 1. The highest BCUT2D eigenvalue weighted by Gasteiger charge is 2.35. The van der Waals surface area contributed by atoms with Gasteiger partial charge in [-0.15, -0.1) is 0 Å². The number of aryl methyl sites for hydroxylation is 1. The highest BCUT2D eigenvalue weighted by molar-refractivity contribution is 5.41. The molecular weight excluding hydrogens is 184 g/mol. The molecule has 0 radical (unpaired) electrons. The Bertz CT molecular complexity index is 366. The van der Waals surface area contributed by atoms with E-state index in [1.165, 1.54) is 29.5 Å². The molecule has 1 aromatic carbocycles. The van der Waals surface area contributed by atoms with Crippen molar-refractivity contribution in [2.24, 2.45) is 5.41 Å². The van der Waals surface area contributed by atoms with Crippen molar-refractivity contribution >= 4 is 0 Å². The summed E-state index contributed by atoms with van der Waals surface area (Å²) < 4.78 is 0. The predicted molar refractivity (Wildman–Crippen MR) is 63.1 cm³/mol. The maximum absolute atomic E-state index is 9.45. The lowest BCUT2D eigenvalue weighted by Gasteiger charge is -2.30. The van der Waals surface area contributed by atoms with E-state index in [-0.39, 0.29) is 12.0 Å². The second-order valence-corrected chi connectivity index (χ2v) is 5.38. The van der Waals surface area contributed by atoms with Crippen LogP contribution in [0.15, 0.2) is 18.2 Å². The summed E-state index contributed by atoms with van der Waals surface area (Å²) >= 11 is 0. The summed E-state index contributed by atoms with van der Waals surface area (Å²) in [6, 6.07) is 6.56. The van der Waals surface area contributed by atoms with Crippen LogP contribution >= 0.6 is 0 Å². The van der Waals surface area contributed by atoms with Crippen molar-refractivity contribution < 1.29 is 5.11 Å². The van der Waals surface area contributed by atoms with Crippen molar-refractivity contribution in [2.45, 2.75) is 39.5 Å². The topological polar surface area (TPSA) is 20.2 Å². The molecule has 2 rings (SSSR count). The largest absolute Gasteiger partial charge is 0.396 e. The van der Waals surface area contributed by atoms with Gasteiger partial charge in [0.1, 0.15) is 0 Å². The van der Waals surface area contributed by atoms with E-state index in [2.05, 4.69) is 39.0 Å². The van der Waals surface area contributed by atoms with Gasteiger partial charge in [0, 0.05) is 6.61 Å². The van der Waals surface area contributed by atoms with Gasteiger partial charge in [-0.25, -0.2) is 0 Å². The summed E-state index contributed by atoms with van der Waals surface area (Å²) in [7, 11) is 0. The Hall–Kier alpha value is -0.820. The first-order chi connectivity index (χ1) is 7.06. The Balaban J connectivity index is 2.41. The van der Waals surface area contributed by atoms with Crippen molar-refractivity contribution in [3.63, 3.8) is 0 Å². The molecule has 82 valence electrons. The Morgan fingerprint density at radius 3 is 2.80 bits per heavy atom. The molecule has 1 atom stereocenters. The number of fused-ring (bicyclic) bond motifs is 1. The molecular formula is C14H20O. The molecule has 0 aliphatic heterocycles. The second-order valence-electron chi connectivity index (χ2n) is 5.38. The van der Waals surface area contributed by atoms with E-state index in [4.69, 9.17) is 0 Å². The highest BCUT2D eigenvalue weighted by Crippen LogP contribution is 2.45. The third-order valence-electron chi connectivity index (χ3n) is 3.86. The lowest BCUT2D eigenvalue weighted by Crippen LogP contribution is -2.24. The van der Waals surface area contributed by atoms with Crippen LogP contribution in [0.25, 0.3) is 0 Å². The molecule has 1 N–H and O–H groups in total. The van der Waals surface area contributed by atoms with E-state index in [0.29, 0.717) is 5.92 Å². The number of hydrogen-bond acceptors (Lipinski definition) is 1.